The van der Waals surface area contributed by atoms with Crippen molar-refractivity contribution in [3.05, 3.63) is 24.3 Å². The fourth-order valence-corrected chi connectivity index (χ4v) is 4.02. The maximum atomic E-state index is 12.4. The van der Waals surface area contributed by atoms with E-state index >= 15 is 0 Å². The van der Waals surface area contributed by atoms with Crippen molar-refractivity contribution in [1.29, 1.82) is 0 Å². The molecule has 0 spiro atoms. The maximum absolute atomic E-state index is 12.4. The summed E-state index contributed by atoms with van der Waals surface area (Å²) in [6.45, 7) is 0.808. The number of hydrogen-bond donors (Lipinski definition) is 2. The van der Waals surface area contributed by atoms with Gasteiger partial charge in [0.15, 0.2) is 0 Å². The summed E-state index contributed by atoms with van der Waals surface area (Å²) in [5.41, 5.74) is 0.773. The first-order valence-electron chi connectivity index (χ1n) is 7.61. The van der Waals surface area contributed by atoms with Gasteiger partial charge in [-0.25, -0.2) is 0 Å². The van der Waals surface area contributed by atoms with Crippen molar-refractivity contribution in [2.45, 2.75) is 29.4 Å². The number of anilines is 1. The molecule has 0 aliphatic carbocycles. The number of piperidine rings is 1. The molecule has 122 valence electrons. The number of fused-ring (bicyclic) bond motifs is 1. The lowest BCUT2D eigenvalue weighted by Gasteiger charge is -2.32. The minimum absolute atomic E-state index is 0.0944. The fraction of sp³-hybridized carbons (Fsp3) is 0.438. The number of amides is 2. The Kier molecular flexibility index (Phi) is 4.56. The Labute approximate surface area is 138 Å². The summed E-state index contributed by atoms with van der Waals surface area (Å²) in [6.07, 6.45) is 1.39. The van der Waals surface area contributed by atoms with Crippen molar-refractivity contribution in [2.24, 2.45) is 5.92 Å². The van der Waals surface area contributed by atoms with Gasteiger partial charge in [-0.3, -0.25) is 14.4 Å². The van der Waals surface area contributed by atoms with Gasteiger partial charge in [0.05, 0.1) is 16.9 Å². The third-order valence-electron chi connectivity index (χ3n) is 4.19. The topological polar surface area (TPSA) is 86.7 Å². The third-order valence-corrected chi connectivity index (χ3v) is 5.47. The first-order valence-corrected chi connectivity index (χ1v) is 8.49. The van der Waals surface area contributed by atoms with Crippen LogP contribution in [0.2, 0.25) is 0 Å². The molecule has 2 N–H and O–H groups in total. The smallest absolute Gasteiger partial charge is 0.308 e. The molecule has 7 heteroatoms. The summed E-state index contributed by atoms with van der Waals surface area (Å²) in [5.74, 6) is -1.68. The summed E-state index contributed by atoms with van der Waals surface area (Å²) in [5, 5.41) is 11.5. The zero-order chi connectivity index (χ0) is 16.4. The molecular weight excluding hydrogens is 316 g/mol. The minimum Gasteiger partial charge on any atom is -0.481 e. The van der Waals surface area contributed by atoms with E-state index < -0.39 is 17.1 Å². The summed E-state index contributed by atoms with van der Waals surface area (Å²) >= 11 is 1.39. The van der Waals surface area contributed by atoms with Crippen LogP contribution in [0.15, 0.2) is 29.2 Å². The highest BCUT2D eigenvalue weighted by Gasteiger charge is 2.33. The van der Waals surface area contributed by atoms with E-state index in [1.165, 1.54) is 11.8 Å². The quantitative estimate of drug-likeness (QED) is 0.880. The van der Waals surface area contributed by atoms with E-state index in [1.54, 1.807) is 4.90 Å². The molecule has 1 aromatic rings. The van der Waals surface area contributed by atoms with Crippen molar-refractivity contribution in [2.75, 3.05) is 18.4 Å². The van der Waals surface area contributed by atoms with Crippen molar-refractivity contribution >= 4 is 35.2 Å². The molecule has 2 aliphatic heterocycles. The molecular formula is C16H18N2O4S. The van der Waals surface area contributed by atoms with Crippen LogP contribution in [-0.4, -0.2) is 46.1 Å². The predicted octanol–water partition coefficient (Wildman–Crippen LogP) is 1.81. The minimum atomic E-state index is -0.860. The van der Waals surface area contributed by atoms with Gasteiger partial charge < -0.3 is 15.3 Å². The van der Waals surface area contributed by atoms with Crippen LogP contribution in [-0.2, 0) is 14.4 Å². The number of para-hydroxylation sites is 1. The molecule has 2 atom stereocenters. The Balaban J connectivity index is 1.64. The van der Waals surface area contributed by atoms with Gasteiger partial charge in [0.1, 0.15) is 0 Å². The number of hydrogen-bond acceptors (Lipinski definition) is 4. The Morgan fingerprint density at radius 2 is 2.13 bits per heavy atom. The van der Waals surface area contributed by atoms with Crippen LogP contribution in [0, 0.1) is 5.92 Å². The lowest BCUT2D eigenvalue weighted by Crippen LogP contribution is -2.44. The van der Waals surface area contributed by atoms with E-state index in [1.807, 2.05) is 24.3 Å². The van der Waals surface area contributed by atoms with Gasteiger partial charge in [-0.05, 0) is 25.0 Å². The monoisotopic (exact) mass is 334 g/mol. The van der Waals surface area contributed by atoms with Crippen LogP contribution in [0.1, 0.15) is 19.3 Å². The molecule has 0 radical (unpaired) electrons. The van der Waals surface area contributed by atoms with E-state index in [2.05, 4.69) is 5.32 Å². The normalized spacial score (nSPS) is 23.8. The van der Waals surface area contributed by atoms with Gasteiger partial charge in [-0.15, -0.1) is 11.8 Å². The molecule has 0 bridgehead atoms. The largest absolute Gasteiger partial charge is 0.481 e. The number of rotatable bonds is 3. The molecule has 2 amide bonds. The SMILES string of the molecule is O=C(O)[C@H]1CCCN(C(=O)C[C@H]2Sc3ccccc3NC2=O)C1. The number of carbonyl (C=O) groups is 3. The molecule has 1 saturated heterocycles. The molecule has 1 fully saturated rings. The molecule has 3 rings (SSSR count). The number of carboxylic acids is 1. The maximum Gasteiger partial charge on any atom is 0.308 e. The zero-order valence-corrected chi connectivity index (χ0v) is 13.3. The lowest BCUT2D eigenvalue weighted by atomic mass is 9.98. The van der Waals surface area contributed by atoms with Crippen LogP contribution in [0.25, 0.3) is 0 Å². The Morgan fingerprint density at radius 1 is 1.35 bits per heavy atom. The Bertz CT molecular complexity index is 649. The summed E-state index contributed by atoms with van der Waals surface area (Å²) in [7, 11) is 0. The Hall–Kier alpha value is -2.02. The number of thioether (sulfide) groups is 1. The van der Waals surface area contributed by atoms with Gasteiger partial charge in [0, 0.05) is 24.4 Å². The van der Waals surface area contributed by atoms with Crippen LogP contribution < -0.4 is 5.32 Å². The second-order valence-corrected chi connectivity index (χ2v) is 7.06. The fourth-order valence-electron chi connectivity index (χ4n) is 2.92. The molecule has 23 heavy (non-hydrogen) atoms. The van der Waals surface area contributed by atoms with E-state index in [4.69, 9.17) is 5.11 Å². The molecule has 2 heterocycles. The predicted molar refractivity (Wildman–Crippen MR) is 86.3 cm³/mol. The van der Waals surface area contributed by atoms with Crippen LogP contribution >= 0.6 is 11.8 Å². The average molecular weight is 334 g/mol. The Morgan fingerprint density at radius 3 is 2.91 bits per heavy atom. The number of benzene rings is 1. The van der Waals surface area contributed by atoms with Crippen molar-refractivity contribution in [1.82, 2.24) is 4.90 Å². The van der Waals surface area contributed by atoms with Crippen molar-refractivity contribution in [3.8, 4) is 0 Å². The van der Waals surface area contributed by atoms with Gasteiger partial charge in [0.2, 0.25) is 11.8 Å². The number of likely N-dealkylation sites (tertiary alicyclic amines) is 1. The number of nitrogens with zero attached hydrogens (tertiary/aromatic N) is 1. The van der Waals surface area contributed by atoms with Gasteiger partial charge >= 0.3 is 5.97 Å². The van der Waals surface area contributed by atoms with Gasteiger partial charge in [0.25, 0.3) is 0 Å². The first-order chi connectivity index (χ1) is 11.0. The highest BCUT2D eigenvalue weighted by atomic mass is 32.2. The molecule has 2 aliphatic rings. The second kappa shape index (κ2) is 6.62. The zero-order valence-electron chi connectivity index (χ0n) is 12.5. The number of nitrogens with one attached hydrogen (secondary N) is 1. The van der Waals surface area contributed by atoms with E-state index in [0.717, 1.165) is 10.6 Å². The number of aliphatic carboxylic acids is 1. The van der Waals surface area contributed by atoms with E-state index in [0.29, 0.717) is 19.4 Å². The molecule has 1 aromatic carbocycles. The first kappa shape index (κ1) is 15.9. The van der Waals surface area contributed by atoms with Crippen LogP contribution in [0.3, 0.4) is 0 Å². The molecule has 0 aromatic heterocycles. The van der Waals surface area contributed by atoms with Crippen molar-refractivity contribution < 1.29 is 19.5 Å². The van der Waals surface area contributed by atoms with E-state index in [-0.39, 0.29) is 24.8 Å². The van der Waals surface area contributed by atoms with Crippen LogP contribution in [0.4, 0.5) is 5.69 Å². The van der Waals surface area contributed by atoms with Gasteiger partial charge in [-0.1, -0.05) is 12.1 Å². The number of carbonyl (C=O) groups excluding carboxylic acids is 2. The lowest BCUT2D eigenvalue weighted by molar-refractivity contribution is -0.146. The average Bonchev–Trinajstić information content (AvgIpc) is 2.55. The van der Waals surface area contributed by atoms with Crippen molar-refractivity contribution in [3.63, 3.8) is 0 Å². The number of carboxylic acid groups (broad SMARTS) is 1. The highest BCUT2D eigenvalue weighted by molar-refractivity contribution is 8.01. The highest BCUT2D eigenvalue weighted by Crippen LogP contribution is 2.37. The molecule has 6 nitrogen and oxygen atoms in total. The second-order valence-electron chi connectivity index (χ2n) is 5.81. The standard InChI is InChI=1S/C16H18N2O4S/c19-14(18-7-3-4-10(9-18)16(21)22)8-13-15(20)17-11-5-1-2-6-12(11)23-13/h1-2,5-6,10,13H,3-4,7-9H2,(H,17,20)(H,21,22)/t10-,13+/m0/s1. The van der Waals surface area contributed by atoms with Crippen LogP contribution in [0.5, 0.6) is 0 Å². The van der Waals surface area contributed by atoms with Gasteiger partial charge in [-0.2, -0.15) is 0 Å². The summed E-state index contributed by atoms with van der Waals surface area (Å²) in [4.78, 5) is 38.2. The summed E-state index contributed by atoms with van der Waals surface area (Å²) in [6, 6.07) is 7.49. The van der Waals surface area contributed by atoms with E-state index in [9.17, 15) is 14.4 Å². The third kappa shape index (κ3) is 3.50. The molecule has 0 saturated carbocycles. The molecule has 0 unspecified atom stereocenters. The summed E-state index contributed by atoms with van der Waals surface area (Å²) < 4.78 is 0.